The molecule has 17 nitrogen and oxygen atoms in total. The van der Waals surface area contributed by atoms with E-state index < -0.39 is 98.7 Å². The Morgan fingerprint density at radius 3 is 2.03 bits per heavy atom. The summed E-state index contributed by atoms with van der Waals surface area (Å²) in [7, 11) is 0. The second-order valence-corrected chi connectivity index (χ2v) is 21.9. The predicted molar refractivity (Wildman–Crippen MR) is 224 cm³/mol. The number of aliphatic hydroxyl groups is 8. The molecule has 9 aliphatic rings. The average Bonchev–Trinajstić information content (AvgIpc) is 3.72. The Morgan fingerprint density at radius 2 is 1.41 bits per heavy atom. The van der Waals surface area contributed by atoms with Crippen LogP contribution in [0.15, 0.2) is 11.6 Å². The second kappa shape index (κ2) is 17.8. The van der Waals surface area contributed by atoms with E-state index >= 15 is 0 Å². The fraction of sp³-hybridized carbons (Fsp3) is 0.936. The van der Waals surface area contributed by atoms with Gasteiger partial charge in [-0.05, 0) is 112 Å². The molecule has 364 valence electrons. The van der Waals surface area contributed by atoms with Crippen LogP contribution in [0.4, 0.5) is 0 Å². The molecule has 27 atom stereocenters. The molecular formula is C47H75NO16. The summed E-state index contributed by atoms with van der Waals surface area (Å²) in [5, 5.41) is 86.1. The van der Waals surface area contributed by atoms with Gasteiger partial charge in [0.2, 0.25) is 0 Å². The van der Waals surface area contributed by atoms with E-state index in [4.69, 9.17) is 33.2 Å². The SMILES string of the molecule is CC(=O)O[C@H]1C[C@@H](C)CN2[C@H]1[C@@H](C)[C@@H]1[C@H]2C[C@@H]2[C@@H]3CC=C4C[C@@H](O[C@H]5O[C@H](CO)[C@H](O[C@@H]6O[C@@H](C)[C@H](O)[C@@H](O)[C@@H]6O)[C@H](O)[C@@H]5O[C@@H]5O[C@H](C)[C@H](O)[C@H](O)[C@@H]5O)CC[C@@]4(C)[C@H]3CC[C@@]12C. The number of hydrogen-bond acceptors (Lipinski definition) is 17. The van der Waals surface area contributed by atoms with Gasteiger partial charge in [0.1, 0.15) is 67.1 Å². The van der Waals surface area contributed by atoms with Gasteiger partial charge in [0, 0.05) is 25.6 Å². The third-order valence-corrected chi connectivity index (χ3v) is 18.3. The number of allylic oxidation sites excluding steroid dienone is 1. The van der Waals surface area contributed by atoms with Gasteiger partial charge in [0.05, 0.1) is 24.9 Å². The zero-order valence-corrected chi connectivity index (χ0v) is 38.4. The smallest absolute Gasteiger partial charge is 0.302 e. The van der Waals surface area contributed by atoms with Crippen molar-refractivity contribution in [2.24, 2.45) is 46.3 Å². The molecule has 0 radical (unpaired) electrons. The number of carbonyl (C=O) groups is 1. The number of ether oxygens (including phenoxy) is 7. The second-order valence-electron chi connectivity index (χ2n) is 21.9. The molecule has 3 saturated carbocycles. The lowest BCUT2D eigenvalue weighted by Gasteiger charge is -2.58. The lowest BCUT2D eigenvalue weighted by molar-refractivity contribution is -0.388. The van der Waals surface area contributed by atoms with Crippen LogP contribution < -0.4 is 0 Å². The molecule has 0 amide bonds. The largest absolute Gasteiger partial charge is 0.461 e. The number of rotatable bonds is 8. The standard InChI is InChI=1S/C47H75NO16/c1-19-14-30(60-23(5)50)33-20(2)32-29(48(33)17-19)16-28-26-9-8-24-15-25(10-12-46(24,6)27(26)11-13-47(28,32)7)61-45-42(64-44-39(56)37(54)35(52)22(4)59-44)40(57)41(31(18-49)62-45)63-43-38(55)36(53)34(51)21(3)58-43/h8,19-22,25-45,49,51-57H,9-18H2,1-7H3/t19-,20+,21+,22-,25+,26-,27+,28-,29-,30+,31-,32-,33+,34+,35+,36-,37+,38+,39+,40+,41+,42+,43+,44+,45+,46-,47-/m1/s1. The first-order valence-corrected chi connectivity index (χ1v) is 24.2. The highest BCUT2D eigenvalue weighted by Gasteiger charge is 2.68. The van der Waals surface area contributed by atoms with Crippen molar-refractivity contribution in [2.45, 2.75) is 216 Å². The summed E-state index contributed by atoms with van der Waals surface area (Å²) in [5.74, 6) is 2.95. The van der Waals surface area contributed by atoms with Crippen LogP contribution in [0.1, 0.15) is 99.8 Å². The normalized spacial score (nSPS) is 56.2. The number of piperidine rings is 1. The fourth-order valence-electron chi connectivity index (χ4n) is 15.1. The lowest BCUT2D eigenvalue weighted by Crippen LogP contribution is -2.66. The molecule has 5 aliphatic heterocycles. The molecule has 5 saturated heterocycles. The molecule has 5 heterocycles. The number of nitrogens with zero attached hydrogens (tertiary/aromatic N) is 1. The van der Waals surface area contributed by atoms with Crippen LogP contribution in [0.5, 0.6) is 0 Å². The highest BCUT2D eigenvalue weighted by molar-refractivity contribution is 5.66. The van der Waals surface area contributed by atoms with Gasteiger partial charge in [-0.3, -0.25) is 9.69 Å². The first-order valence-electron chi connectivity index (χ1n) is 24.2. The molecule has 64 heavy (non-hydrogen) atoms. The number of fused-ring (bicyclic) bond motifs is 9. The summed E-state index contributed by atoms with van der Waals surface area (Å²) in [4.78, 5) is 15.0. The van der Waals surface area contributed by atoms with E-state index in [1.807, 2.05) is 0 Å². The first kappa shape index (κ1) is 47.7. The van der Waals surface area contributed by atoms with Gasteiger partial charge >= 0.3 is 5.97 Å². The minimum atomic E-state index is -1.71. The number of carbonyl (C=O) groups excluding carboxylic acids is 1. The Morgan fingerprint density at radius 1 is 0.766 bits per heavy atom. The molecule has 0 aromatic rings. The number of esters is 1. The molecule has 0 unspecified atom stereocenters. The third-order valence-electron chi connectivity index (χ3n) is 18.3. The average molecular weight is 910 g/mol. The van der Waals surface area contributed by atoms with Crippen LogP contribution in [0.25, 0.3) is 0 Å². The van der Waals surface area contributed by atoms with Gasteiger partial charge in [0.25, 0.3) is 0 Å². The maximum Gasteiger partial charge on any atom is 0.302 e. The summed E-state index contributed by atoms with van der Waals surface area (Å²) in [5.41, 5.74) is 1.52. The van der Waals surface area contributed by atoms with Gasteiger partial charge in [0.15, 0.2) is 18.9 Å². The van der Waals surface area contributed by atoms with Crippen LogP contribution in [0.2, 0.25) is 0 Å². The minimum absolute atomic E-state index is 0.0330. The van der Waals surface area contributed by atoms with Crippen molar-refractivity contribution < 1.29 is 78.8 Å². The molecule has 0 aromatic carbocycles. The van der Waals surface area contributed by atoms with E-state index in [-0.39, 0.29) is 35.0 Å². The predicted octanol–water partition coefficient (Wildman–Crippen LogP) is 0.724. The minimum Gasteiger partial charge on any atom is -0.461 e. The van der Waals surface area contributed by atoms with E-state index in [9.17, 15) is 45.6 Å². The zero-order valence-electron chi connectivity index (χ0n) is 38.4. The van der Waals surface area contributed by atoms with Crippen LogP contribution in [-0.2, 0) is 38.0 Å². The van der Waals surface area contributed by atoms with Gasteiger partial charge in [-0.2, -0.15) is 0 Å². The maximum atomic E-state index is 12.2. The van der Waals surface area contributed by atoms with Gasteiger partial charge in [-0.25, -0.2) is 0 Å². The van der Waals surface area contributed by atoms with Crippen LogP contribution in [-0.4, -0.2) is 181 Å². The van der Waals surface area contributed by atoms with Gasteiger partial charge in [-0.15, -0.1) is 0 Å². The topological polar surface area (TPSA) is 247 Å². The molecule has 17 heteroatoms. The summed E-state index contributed by atoms with van der Waals surface area (Å²) in [6.45, 7) is 14.6. The lowest BCUT2D eigenvalue weighted by atomic mass is 9.47. The molecule has 8 fully saturated rings. The van der Waals surface area contributed by atoms with Gasteiger partial charge < -0.3 is 74.0 Å². The Labute approximate surface area is 376 Å². The summed E-state index contributed by atoms with van der Waals surface area (Å²) in [6.07, 6.45) is -11.9. The maximum absolute atomic E-state index is 12.2. The molecule has 0 spiro atoms. The monoisotopic (exact) mass is 910 g/mol. The Bertz CT molecular complexity index is 1720. The van der Waals surface area contributed by atoms with E-state index in [1.165, 1.54) is 39.2 Å². The highest BCUT2D eigenvalue weighted by atomic mass is 16.8. The van der Waals surface area contributed by atoms with Crippen molar-refractivity contribution in [3.05, 3.63) is 11.6 Å². The zero-order chi connectivity index (χ0) is 45.9. The van der Waals surface area contributed by atoms with E-state index in [0.29, 0.717) is 54.4 Å². The quantitative estimate of drug-likeness (QED) is 0.124. The van der Waals surface area contributed by atoms with E-state index in [1.54, 1.807) is 0 Å². The Hall–Kier alpha value is -1.39. The van der Waals surface area contributed by atoms with Crippen molar-refractivity contribution in [3.8, 4) is 0 Å². The molecule has 4 aliphatic carbocycles. The molecule has 9 rings (SSSR count). The van der Waals surface area contributed by atoms with Crippen molar-refractivity contribution in [1.29, 1.82) is 0 Å². The third kappa shape index (κ3) is 7.85. The summed E-state index contributed by atoms with van der Waals surface area (Å²) >= 11 is 0. The number of hydrogen-bond donors (Lipinski definition) is 8. The van der Waals surface area contributed by atoms with Crippen LogP contribution >= 0.6 is 0 Å². The van der Waals surface area contributed by atoms with Crippen LogP contribution in [0.3, 0.4) is 0 Å². The highest BCUT2D eigenvalue weighted by Crippen LogP contribution is 2.70. The molecular weight excluding hydrogens is 835 g/mol. The number of aliphatic hydroxyl groups excluding tert-OH is 8. The summed E-state index contributed by atoms with van der Waals surface area (Å²) < 4.78 is 42.7. The van der Waals surface area contributed by atoms with Crippen molar-refractivity contribution >= 4 is 5.97 Å². The fourth-order valence-corrected chi connectivity index (χ4v) is 15.1. The first-order chi connectivity index (χ1) is 30.3. The molecule has 0 aromatic heterocycles. The molecule has 0 bridgehead atoms. The van der Waals surface area contributed by atoms with Crippen molar-refractivity contribution in [3.63, 3.8) is 0 Å². The Balaban J connectivity index is 0.923. The van der Waals surface area contributed by atoms with Crippen molar-refractivity contribution in [1.82, 2.24) is 4.90 Å². The van der Waals surface area contributed by atoms with Crippen LogP contribution in [0, 0.1) is 46.3 Å². The van der Waals surface area contributed by atoms with E-state index in [0.717, 1.165) is 32.2 Å². The van der Waals surface area contributed by atoms with E-state index in [2.05, 4.69) is 38.7 Å². The summed E-state index contributed by atoms with van der Waals surface area (Å²) in [6, 6.07) is 0.766. The van der Waals surface area contributed by atoms with Crippen molar-refractivity contribution in [2.75, 3.05) is 13.2 Å². The Kier molecular flexibility index (Phi) is 13.3. The molecule has 8 N–H and O–H groups in total. The van der Waals surface area contributed by atoms with Gasteiger partial charge in [-0.1, -0.05) is 39.3 Å².